The van der Waals surface area contributed by atoms with Crippen molar-refractivity contribution >= 4 is 29.0 Å². The van der Waals surface area contributed by atoms with Gasteiger partial charge >= 0.3 is 0 Å². The topological polar surface area (TPSA) is 103 Å². The number of aryl methyl sites for hydroxylation is 1. The summed E-state index contributed by atoms with van der Waals surface area (Å²) in [4.78, 5) is 22.6. The van der Waals surface area contributed by atoms with Gasteiger partial charge in [0.1, 0.15) is 5.82 Å². The number of amides is 1. The van der Waals surface area contributed by atoms with E-state index < -0.39 is 10.7 Å². The summed E-state index contributed by atoms with van der Waals surface area (Å²) in [5.41, 5.74) is 1.68. The number of anilines is 1. The fourth-order valence-corrected chi connectivity index (χ4v) is 3.21. The van der Waals surface area contributed by atoms with Gasteiger partial charge in [0, 0.05) is 30.4 Å². The van der Waals surface area contributed by atoms with Crippen LogP contribution in [0.4, 0.5) is 15.8 Å². The molecule has 144 valence electrons. The van der Waals surface area contributed by atoms with Crippen molar-refractivity contribution in [3.63, 3.8) is 0 Å². The molecule has 1 aromatic heterocycles. The summed E-state index contributed by atoms with van der Waals surface area (Å²) >= 11 is 1.16. The first-order valence-corrected chi connectivity index (χ1v) is 9.16. The molecule has 0 saturated heterocycles. The lowest BCUT2D eigenvalue weighted by atomic mass is 10.2. The number of hydrogen-bond acceptors (Lipinski definition) is 6. The zero-order chi connectivity index (χ0) is 20.3. The van der Waals surface area contributed by atoms with Gasteiger partial charge in [0.2, 0.25) is 5.91 Å². The van der Waals surface area contributed by atoms with Crippen LogP contribution in [-0.2, 0) is 11.8 Å². The number of nitro groups is 1. The van der Waals surface area contributed by atoms with Crippen molar-refractivity contribution in [1.82, 2.24) is 14.8 Å². The minimum atomic E-state index is -0.478. The molecule has 0 radical (unpaired) electrons. The largest absolute Gasteiger partial charge is 0.325 e. The standard InChI is InChI=1S/C18H16FN5O3S/c1-11-6-7-13(19)9-15(11)20-16(25)10-28-18-22-21-17(23(18)2)12-4-3-5-14(8-12)24(26)27/h3-9H,10H2,1-2H3,(H,20,25). The van der Waals surface area contributed by atoms with Gasteiger partial charge in [0.25, 0.3) is 5.69 Å². The summed E-state index contributed by atoms with van der Waals surface area (Å²) in [7, 11) is 1.71. The van der Waals surface area contributed by atoms with Crippen LogP contribution in [0.5, 0.6) is 0 Å². The molecule has 3 rings (SSSR count). The maximum absolute atomic E-state index is 13.3. The van der Waals surface area contributed by atoms with Crippen LogP contribution in [0, 0.1) is 22.9 Å². The summed E-state index contributed by atoms with van der Waals surface area (Å²) in [6.45, 7) is 1.77. The minimum Gasteiger partial charge on any atom is -0.325 e. The van der Waals surface area contributed by atoms with Crippen LogP contribution < -0.4 is 5.32 Å². The monoisotopic (exact) mass is 401 g/mol. The number of nitrogens with zero attached hydrogens (tertiary/aromatic N) is 4. The Morgan fingerprint density at radius 3 is 2.82 bits per heavy atom. The van der Waals surface area contributed by atoms with Crippen LogP contribution in [0.1, 0.15) is 5.56 Å². The predicted molar refractivity (Wildman–Crippen MR) is 104 cm³/mol. The first-order chi connectivity index (χ1) is 13.3. The van der Waals surface area contributed by atoms with Crippen molar-refractivity contribution in [3.05, 3.63) is 64.0 Å². The van der Waals surface area contributed by atoms with Gasteiger partial charge in [0.15, 0.2) is 11.0 Å². The van der Waals surface area contributed by atoms with E-state index in [1.807, 2.05) is 0 Å². The number of benzene rings is 2. The molecule has 10 heteroatoms. The van der Waals surface area contributed by atoms with Crippen LogP contribution in [-0.4, -0.2) is 31.3 Å². The molecule has 3 aromatic rings. The van der Waals surface area contributed by atoms with E-state index in [4.69, 9.17) is 0 Å². The molecule has 0 aliphatic heterocycles. The second-order valence-corrected chi connectivity index (χ2v) is 6.91. The summed E-state index contributed by atoms with van der Waals surface area (Å²) < 4.78 is 15.0. The molecule has 8 nitrogen and oxygen atoms in total. The SMILES string of the molecule is Cc1ccc(F)cc1NC(=O)CSc1nnc(-c2cccc([N+](=O)[O-])c2)n1C. The molecular weight excluding hydrogens is 385 g/mol. The van der Waals surface area contributed by atoms with Crippen LogP contribution in [0.3, 0.4) is 0 Å². The van der Waals surface area contributed by atoms with E-state index in [0.717, 1.165) is 17.3 Å². The predicted octanol–water partition coefficient (Wildman–Crippen LogP) is 3.57. The Balaban J connectivity index is 1.69. The summed E-state index contributed by atoms with van der Waals surface area (Å²) in [5, 5.41) is 22.2. The summed E-state index contributed by atoms with van der Waals surface area (Å²) in [5.74, 6) is -0.230. The number of rotatable bonds is 6. The van der Waals surface area contributed by atoms with Gasteiger partial charge in [-0.05, 0) is 24.6 Å². The van der Waals surface area contributed by atoms with Gasteiger partial charge in [-0.1, -0.05) is 30.0 Å². The summed E-state index contributed by atoms with van der Waals surface area (Å²) in [6, 6.07) is 10.3. The Bertz CT molecular complexity index is 1050. The number of thioether (sulfide) groups is 1. The van der Waals surface area contributed by atoms with Crippen LogP contribution in [0.2, 0.25) is 0 Å². The average molecular weight is 401 g/mol. The lowest BCUT2D eigenvalue weighted by Crippen LogP contribution is -2.15. The molecule has 0 bridgehead atoms. The molecule has 0 aliphatic rings. The number of nitrogens with one attached hydrogen (secondary N) is 1. The first kappa shape index (κ1) is 19.5. The molecule has 1 N–H and O–H groups in total. The van der Waals surface area contributed by atoms with Gasteiger partial charge in [-0.25, -0.2) is 4.39 Å². The van der Waals surface area contributed by atoms with Gasteiger partial charge < -0.3 is 9.88 Å². The van der Waals surface area contributed by atoms with E-state index in [1.54, 1.807) is 36.7 Å². The Kier molecular flexibility index (Phi) is 5.69. The van der Waals surface area contributed by atoms with Crippen molar-refractivity contribution in [3.8, 4) is 11.4 Å². The van der Waals surface area contributed by atoms with Gasteiger partial charge in [-0.15, -0.1) is 10.2 Å². The molecule has 0 fully saturated rings. The second kappa shape index (κ2) is 8.17. The smallest absolute Gasteiger partial charge is 0.270 e. The Hall–Kier alpha value is -3.27. The second-order valence-electron chi connectivity index (χ2n) is 5.97. The number of non-ortho nitro benzene ring substituents is 1. The number of hydrogen-bond donors (Lipinski definition) is 1. The minimum absolute atomic E-state index is 0.0421. The molecule has 0 aliphatic carbocycles. The number of carbonyl (C=O) groups is 1. The third-order valence-corrected chi connectivity index (χ3v) is 4.98. The molecule has 0 spiro atoms. The Labute approximate surface area is 163 Å². The van der Waals surface area contributed by atoms with Crippen molar-refractivity contribution in [2.75, 3.05) is 11.1 Å². The first-order valence-electron chi connectivity index (χ1n) is 8.18. The van der Waals surface area contributed by atoms with E-state index >= 15 is 0 Å². The zero-order valence-electron chi connectivity index (χ0n) is 15.0. The highest BCUT2D eigenvalue weighted by Gasteiger charge is 2.15. The molecular formula is C18H16FN5O3S. The van der Waals surface area contributed by atoms with E-state index in [-0.39, 0.29) is 17.3 Å². The third kappa shape index (κ3) is 4.34. The van der Waals surface area contributed by atoms with E-state index in [1.165, 1.54) is 24.3 Å². The fourth-order valence-electron chi connectivity index (χ4n) is 2.50. The fraction of sp³-hybridized carbons (Fsp3) is 0.167. The summed E-state index contributed by atoms with van der Waals surface area (Å²) in [6.07, 6.45) is 0. The molecule has 1 amide bonds. The molecule has 1 heterocycles. The van der Waals surface area contributed by atoms with Gasteiger partial charge in [0.05, 0.1) is 10.7 Å². The van der Waals surface area contributed by atoms with Crippen LogP contribution >= 0.6 is 11.8 Å². The quantitative estimate of drug-likeness (QED) is 0.385. The maximum atomic E-state index is 13.3. The lowest BCUT2D eigenvalue weighted by molar-refractivity contribution is -0.384. The van der Waals surface area contributed by atoms with E-state index in [9.17, 15) is 19.3 Å². The van der Waals surface area contributed by atoms with Crippen molar-refractivity contribution in [2.45, 2.75) is 12.1 Å². The highest BCUT2D eigenvalue weighted by molar-refractivity contribution is 7.99. The number of carbonyl (C=O) groups excluding carboxylic acids is 1. The highest BCUT2D eigenvalue weighted by Crippen LogP contribution is 2.25. The number of nitro benzene ring substituents is 1. The Morgan fingerprint density at radius 2 is 2.07 bits per heavy atom. The van der Waals surface area contributed by atoms with Crippen LogP contribution in [0.15, 0.2) is 47.6 Å². The van der Waals surface area contributed by atoms with Gasteiger partial charge in [-0.3, -0.25) is 14.9 Å². The van der Waals surface area contributed by atoms with Crippen molar-refractivity contribution in [2.24, 2.45) is 7.05 Å². The highest BCUT2D eigenvalue weighted by atomic mass is 32.2. The van der Waals surface area contributed by atoms with Crippen LogP contribution in [0.25, 0.3) is 11.4 Å². The number of aromatic nitrogens is 3. The number of halogens is 1. The molecule has 2 aromatic carbocycles. The van der Waals surface area contributed by atoms with Crippen molar-refractivity contribution < 1.29 is 14.1 Å². The third-order valence-electron chi connectivity index (χ3n) is 3.96. The molecule has 28 heavy (non-hydrogen) atoms. The van der Waals surface area contributed by atoms with E-state index in [0.29, 0.717) is 22.2 Å². The molecule has 0 saturated carbocycles. The van der Waals surface area contributed by atoms with E-state index in [2.05, 4.69) is 15.5 Å². The molecule has 0 unspecified atom stereocenters. The van der Waals surface area contributed by atoms with Gasteiger partial charge in [-0.2, -0.15) is 0 Å². The van der Waals surface area contributed by atoms with Crippen molar-refractivity contribution in [1.29, 1.82) is 0 Å². The maximum Gasteiger partial charge on any atom is 0.270 e. The Morgan fingerprint density at radius 1 is 1.29 bits per heavy atom. The molecule has 0 atom stereocenters. The average Bonchev–Trinajstić information content (AvgIpc) is 3.03. The zero-order valence-corrected chi connectivity index (χ0v) is 15.9. The lowest BCUT2D eigenvalue weighted by Gasteiger charge is -2.08. The normalized spacial score (nSPS) is 10.7.